The normalized spacial score (nSPS) is 10.1. The molecule has 0 fully saturated rings. The van der Waals surface area contributed by atoms with Crippen molar-refractivity contribution in [1.29, 1.82) is 0 Å². The maximum absolute atomic E-state index is 10.8. The lowest BCUT2D eigenvalue weighted by atomic mass is 10.2. The zero-order valence-corrected chi connectivity index (χ0v) is 10.1. The van der Waals surface area contributed by atoms with Gasteiger partial charge in [-0.15, -0.1) is 0 Å². The molecule has 1 amide bonds. The van der Waals surface area contributed by atoms with E-state index >= 15 is 0 Å². The Bertz CT molecular complexity index is 454. The number of phenols is 1. The fourth-order valence-electron chi connectivity index (χ4n) is 1.16. The van der Waals surface area contributed by atoms with E-state index in [-0.39, 0.29) is 5.75 Å². The standard InChI is InChI=1S/C13H15NO4/c1-3-8-18-12-9-10(4-5-11(12)15)6-7-14-13(16)17-2/h3-7,9,15H,1,8H2,2H3,(H,14,16)/b7-6+. The summed E-state index contributed by atoms with van der Waals surface area (Å²) in [6.45, 7) is 3.83. The molecule has 0 atom stereocenters. The van der Waals surface area contributed by atoms with Gasteiger partial charge in [-0.3, -0.25) is 5.32 Å². The van der Waals surface area contributed by atoms with Crippen LogP contribution in [-0.2, 0) is 4.74 Å². The van der Waals surface area contributed by atoms with Crippen molar-refractivity contribution in [3.63, 3.8) is 0 Å². The van der Waals surface area contributed by atoms with Crippen LogP contribution in [0.2, 0.25) is 0 Å². The van der Waals surface area contributed by atoms with Crippen LogP contribution in [0.1, 0.15) is 5.56 Å². The topological polar surface area (TPSA) is 67.8 Å². The van der Waals surface area contributed by atoms with E-state index < -0.39 is 6.09 Å². The number of aromatic hydroxyl groups is 1. The van der Waals surface area contributed by atoms with Gasteiger partial charge in [0.15, 0.2) is 11.5 Å². The number of benzene rings is 1. The quantitative estimate of drug-likeness (QED) is 0.785. The Balaban J connectivity index is 2.71. The lowest BCUT2D eigenvalue weighted by Gasteiger charge is -2.06. The molecule has 18 heavy (non-hydrogen) atoms. The van der Waals surface area contributed by atoms with Gasteiger partial charge in [0.1, 0.15) is 6.61 Å². The van der Waals surface area contributed by atoms with Crippen LogP contribution in [-0.4, -0.2) is 24.9 Å². The second kappa shape index (κ2) is 7.01. The van der Waals surface area contributed by atoms with Gasteiger partial charge in [0.2, 0.25) is 0 Å². The lowest BCUT2D eigenvalue weighted by Crippen LogP contribution is -2.15. The molecule has 0 aliphatic heterocycles. The van der Waals surface area contributed by atoms with Crippen LogP contribution < -0.4 is 10.1 Å². The third kappa shape index (κ3) is 4.21. The maximum Gasteiger partial charge on any atom is 0.410 e. The van der Waals surface area contributed by atoms with Crippen molar-refractivity contribution >= 4 is 12.2 Å². The summed E-state index contributed by atoms with van der Waals surface area (Å²) in [7, 11) is 1.28. The van der Waals surface area contributed by atoms with Gasteiger partial charge in [0, 0.05) is 6.20 Å². The van der Waals surface area contributed by atoms with E-state index in [1.165, 1.54) is 19.4 Å². The van der Waals surface area contributed by atoms with Gasteiger partial charge >= 0.3 is 6.09 Å². The van der Waals surface area contributed by atoms with Gasteiger partial charge in [-0.1, -0.05) is 18.7 Å². The van der Waals surface area contributed by atoms with E-state index in [4.69, 9.17) is 4.74 Å². The smallest absolute Gasteiger partial charge is 0.410 e. The summed E-state index contributed by atoms with van der Waals surface area (Å²) in [4.78, 5) is 10.8. The van der Waals surface area contributed by atoms with Gasteiger partial charge in [0.05, 0.1) is 7.11 Å². The highest BCUT2D eigenvalue weighted by Gasteiger charge is 2.01. The molecule has 0 saturated carbocycles. The second-order valence-corrected chi connectivity index (χ2v) is 3.30. The first-order valence-corrected chi connectivity index (χ1v) is 5.25. The van der Waals surface area contributed by atoms with Crippen LogP contribution in [0.25, 0.3) is 6.08 Å². The number of hydrogen-bond acceptors (Lipinski definition) is 4. The largest absolute Gasteiger partial charge is 0.504 e. The minimum Gasteiger partial charge on any atom is -0.504 e. The van der Waals surface area contributed by atoms with Crippen molar-refractivity contribution in [1.82, 2.24) is 5.32 Å². The molecular formula is C13H15NO4. The molecule has 5 heteroatoms. The monoisotopic (exact) mass is 249 g/mol. The molecule has 1 rings (SSSR count). The minimum atomic E-state index is -0.548. The molecule has 5 nitrogen and oxygen atoms in total. The number of hydrogen-bond donors (Lipinski definition) is 2. The first-order valence-electron chi connectivity index (χ1n) is 5.25. The SMILES string of the molecule is C=CCOc1cc(/C=C/NC(=O)OC)ccc1O. The van der Waals surface area contributed by atoms with Crippen LogP contribution in [0.3, 0.4) is 0 Å². The molecule has 0 bridgehead atoms. The average Bonchev–Trinajstić information content (AvgIpc) is 2.38. The zero-order valence-electron chi connectivity index (χ0n) is 10.1. The Morgan fingerprint density at radius 2 is 2.33 bits per heavy atom. The highest BCUT2D eigenvalue weighted by atomic mass is 16.5. The molecule has 0 spiro atoms. The van der Waals surface area contributed by atoms with Crippen molar-refractivity contribution < 1.29 is 19.4 Å². The fourth-order valence-corrected chi connectivity index (χ4v) is 1.16. The van der Waals surface area contributed by atoms with Crippen molar-refractivity contribution in [3.05, 3.63) is 42.6 Å². The lowest BCUT2D eigenvalue weighted by molar-refractivity contribution is 0.175. The number of alkyl carbamates (subject to hydrolysis) is 1. The van der Waals surface area contributed by atoms with Crippen LogP contribution in [0.4, 0.5) is 4.79 Å². The third-order valence-corrected chi connectivity index (χ3v) is 2.00. The van der Waals surface area contributed by atoms with Gasteiger partial charge in [-0.05, 0) is 23.8 Å². The average molecular weight is 249 g/mol. The van der Waals surface area contributed by atoms with E-state index in [0.717, 1.165) is 5.56 Å². The van der Waals surface area contributed by atoms with Crippen molar-refractivity contribution in [2.45, 2.75) is 0 Å². The Kier molecular flexibility index (Phi) is 5.31. The van der Waals surface area contributed by atoms with Crippen molar-refractivity contribution in [3.8, 4) is 11.5 Å². The summed E-state index contributed by atoms with van der Waals surface area (Å²) in [6, 6.07) is 4.84. The molecule has 0 saturated heterocycles. The Morgan fingerprint density at radius 3 is 3.00 bits per heavy atom. The number of phenolic OH excluding ortho intramolecular Hbond substituents is 1. The van der Waals surface area contributed by atoms with E-state index in [0.29, 0.717) is 12.4 Å². The molecule has 0 aliphatic rings. The van der Waals surface area contributed by atoms with E-state index in [1.54, 1.807) is 24.3 Å². The molecule has 0 aliphatic carbocycles. The van der Waals surface area contributed by atoms with Gasteiger partial charge in [-0.2, -0.15) is 0 Å². The summed E-state index contributed by atoms with van der Waals surface area (Å²) < 4.78 is 9.67. The maximum atomic E-state index is 10.8. The highest BCUT2D eigenvalue weighted by molar-refractivity contribution is 5.69. The van der Waals surface area contributed by atoms with Crippen LogP contribution in [0, 0.1) is 0 Å². The summed E-state index contributed by atoms with van der Waals surface area (Å²) in [5.41, 5.74) is 0.767. The van der Waals surface area contributed by atoms with Crippen LogP contribution in [0.15, 0.2) is 37.1 Å². The van der Waals surface area contributed by atoms with Gasteiger partial charge in [0.25, 0.3) is 0 Å². The molecule has 0 unspecified atom stereocenters. The fraction of sp³-hybridized carbons (Fsp3) is 0.154. The molecule has 2 N–H and O–H groups in total. The minimum absolute atomic E-state index is 0.0509. The number of carbonyl (C=O) groups is 1. The predicted molar refractivity (Wildman–Crippen MR) is 68.4 cm³/mol. The van der Waals surface area contributed by atoms with Crippen molar-refractivity contribution in [2.24, 2.45) is 0 Å². The molecular weight excluding hydrogens is 234 g/mol. The van der Waals surface area contributed by atoms with Crippen LogP contribution in [0.5, 0.6) is 11.5 Å². The van der Waals surface area contributed by atoms with Gasteiger partial charge in [-0.25, -0.2) is 4.79 Å². The zero-order chi connectivity index (χ0) is 13.4. The second-order valence-electron chi connectivity index (χ2n) is 3.30. The summed E-state index contributed by atoms with van der Waals surface area (Å²) in [6.07, 6.45) is 4.13. The number of methoxy groups -OCH3 is 1. The number of carbonyl (C=O) groups excluding carboxylic acids is 1. The van der Waals surface area contributed by atoms with E-state index in [1.807, 2.05) is 0 Å². The van der Waals surface area contributed by atoms with E-state index in [2.05, 4.69) is 16.6 Å². The molecule has 1 aromatic carbocycles. The summed E-state index contributed by atoms with van der Waals surface area (Å²) >= 11 is 0. The molecule has 0 aromatic heterocycles. The summed E-state index contributed by atoms with van der Waals surface area (Å²) in [5, 5.41) is 11.9. The summed E-state index contributed by atoms with van der Waals surface area (Å²) in [5.74, 6) is 0.407. The third-order valence-electron chi connectivity index (χ3n) is 2.00. The number of ether oxygens (including phenoxy) is 2. The van der Waals surface area contributed by atoms with Gasteiger partial charge < -0.3 is 14.6 Å². The Labute approximate surface area is 105 Å². The predicted octanol–water partition coefficient (Wildman–Crippen LogP) is 2.28. The Morgan fingerprint density at radius 1 is 1.56 bits per heavy atom. The molecule has 0 heterocycles. The Hall–Kier alpha value is -2.43. The number of nitrogens with one attached hydrogen (secondary N) is 1. The molecule has 0 radical (unpaired) electrons. The van der Waals surface area contributed by atoms with Crippen molar-refractivity contribution in [2.75, 3.05) is 13.7 Å². The first kappa shape index (κ1) is 13.6. The van der Waals surface area contributed by atoms with Crippen LogP contribution >= 0.6 is 0 Å². The molecule has 1 aromatic rings. The molecule has 96 valence electrons. The van der Waals surface area contributed by atoms with E-state index in [9.17, 15) is 9.90 Å². The highest BCUT2D eigenvalue weighted by Crippen LogP contribution is 2.27. The number of rotatable bonds is 5. The number of amides is 1. The first-order chi connectivity index (χ1) is 8.67.